The molecule has 0 aliphatic rings. The van der Waals surface area contributed by atoms with E-state index in [1.54, 1.807) is 42.8 Å². The maximum absolute atomic E-state index is 2.63. The van der Waals surface area contributed by atoms with Crippen molar-refractivity contribution >= 4 is 52.8 Å². The summed E-state index contributed by atoms with van der Waals surface area (Å²) in [5.74, 6) is 0. The van der Waals surface area contributed by atoms with E-state index in [4.69, 9.17) is 0 Å². The van der Waals surface area contributed by atoms with Gasteiger partial charge in [-0.25, -0.2) is 0 Å². The highest BCUT2D eigenvalue weighted by atomic mass is 32.1. The summed E-state index contributed by atoms with van der Waals surface area (Å²) >= 11 is 6.26. The molecule has 5 aromatic rings. The van der Waals surface area contributed by atoms with Gasteiger partial charge in [0.25, 0.3) is 0 Å². The zero-order chi connectivity index (χ0) is 49.8. The first-order valence-corrected chi connectivity index (χ1v) is 33.8. The average molecular weight is 1020 g/mol. The lowest BCUT2D eigenvalue weighted by Gasteiger charge is -2.12. The zero-order valence-corrected chi connectivity index (χ0v) is 49.4. The highest BCUT2D eigenvalue weighted by molar-refractivity contribution is 7.40. The maximum atomic E-state index is 2.63. The number of benzene rings is 2. The van der Waals surface area contributed by atoms with Crippen LogP contribution in [0.5, 0.6) is 0 Å². The largest absolute Gasteiger partial charge is 0.133 e. The molecule has 5 rings (SSSR count). The van der Waals surface area contributed by atoms with Crippen molar-refractivity contribution in [1.82, 2.24) is 0 Å². The topological polar surface area (TPSA) is 0 Å². The SMILES string of the molecule is CCCCCCCCCCCCc1ccc(CCCCCCCCCCCC)c(-c2cc3sc4cc(-c5cc(CCCCCCCCCCCC)ccc5CCCCCCCCCCCC)sc4c3s2)c1. The summed E-state index contributed by atoms with van der Waals surface area (Å²) in [7, 11) is 0. The quantitative estimate of drug-likeness (QED) is 0.0341. The van der Waals surface area contributed by atoms with E-state index in [0.717, 1.165) is 0 Å². The third kappa shape index (κ3) is 23.7. The van der Waals surface area contributed by atoms with Crippen LogP contribution in [-0.4, -0.2) is 0 Å². The number of fused-ring (bicyclic) bond motifs is 3. The summed E-state index contributed by atoms with van der Waals surface area (Å²) in [4.78, 5) is 3.02. The van der Waals surface area contributed by atoms with E-state index < -0.39 is 0 Å². The van der Waals surface area contributed by atoms with E-state index in [2.05, 4.69) is 110 Å². The zero-order valence-electron chi connectivity index (χ0n) is 47.0. The van der Waals surface area contributed by atoms with Gasteiger partial charge in [-0.05, 0) is 96.9 Å². The molecule has 3 aromatic heterocycles. The van der Waals surface area contributed by atoms with Gasteiger partial charge in [-0.15, -0.1) is 34.0 Å². The fourth-order valence-corrected chi connectivity index (χ4v) is 15.4. The van der Waals surface area contributed by atoms with Crippen LogP contribution < -0.4 is 0 Å². The monoisotopic (exact) mass is 1020 g/mol. The van der Waals surface area contributed by atoms with Crippen LogP contribution in [0.1, 0.15) is 307 Å². The molecule has 0 saturated heterocycles. The molecule has 0 aliphatic carbocycles. The van der Waals surface area contributed by atoms with Crippen molar-refractivity contribution in [2.45, 2.75) is 310 Å². The number of aryl methyl sites for hydroxylation is 4. The smallest absolute Gasteiger partial charge is 0.0636 e. The van der Waals surface area contributed by atoms with Crippen LogP contribution in [0.15, 0.2) is 48.5 Å². The summed E-state index contributed by atoms with van der Waals surface area (Å²) in [5.41, 5.74) is 9.37. The fourth-order valence-electron chi connectivity index (χ4n) is 11.3. The Morgan fingerprint density at radius 3 is 0.789 bits per heavy atom. The van der Waals surface area contributed by atoms with Gasteiger partial charge in [-0.2, -0.15) is 0 Å². The number of unbranched alkanes of at least 4 members (excludes halogenated alkanes) is 36. The van der Waals surface area contributed by atoms with Crippen LogP contribution in [0, 0.1) is 0 Å². The molecule has 0 amide bonds. The van der Waals surface area contributed by atoms with E-state index in [9.17, 15) is 0 Å². The second kappa shape index (κ2) is 38.6. The van der Waals surface area contributed by atoms with Crippen molar-refractivity contribution in [1.29, 1.82) is 0 Å². The maximum Gasteiger partial charge on any atom is 0.0636 e. The summed E-state index contributed by atoms with van der Waals surface area (Å²) in [6.07, 6.45) is 61.0. The standard InChI is InChI=1S/C68H108S3/c1-5-9-13-17-21-25-29-33-37-41-45-57-49-51-59(47-43-39-35-31-27-23-19-15-11-7-3)61(53-57)63-55-65-67(70-63)68-66(69-65)56-64(71-68)62-54-58(46-42-38-34-30-26-22-18-14-10-6-2)50-52-60(62)48-44-40-36-32-28-24-20-16-12-8-4/h49-56H,5-48H2,1-4H3. The lowest BCUT2D eigenvalue weighted by molar-refractivity contribution is 0.556. The Balaban J connectivity index is 1.26. The number of rotatable bonds is 46. The molecule has 3 heterocycles. The predicted octanol–water partition coefficient (Wildman–Crippen LogP) is 25.4. The molecular weight excluding hydrogens is 913 g/mol. The van der Waals surface area contributed by atoms with Crippen molar-refractivity contribution in [2.24, 2.45) is 0 Å². The highest BCUT2D eigenvalue weighted by Gasteiger charge is 2.19. The Morgan fingerprint density at radius 1 is 0.254 bits per heavy atom. The summed E-state index contributed by atoms with van der Waals surface area (Å²) in [6.45, 7) is 9.29. The van der Waals surface area contributed by atoms with Crippen LogP contribution in [0.2, 0.25) is 0 Å². The van der Waals surface area contributed by atoms with E-state index in [1.807, 2.05) is 0 Å². The van der Waals surface area contributed by atoms with Crippen molar-refractivity contribution in [2.75, 3.05) is 0 Å². The Labute approximate surface area is 451 Å². The molecule has 0 fully saturated rings. The van der Waals surface area contributed by atoms with Crippen LogP contribution in [0.25, 0.3) is 39.7 Å². The lowest BCUT2D eigenvalue weighted by Crippen LogP contribution is -1.94. The Morgan fingerprint density at radius 2 is 0.507 bits per heavy atom. The third-order valence-electron chi connectivity index (χ3n) is 15.9. The molecule has 0 aliphatic heterocycles. The lowest BCUT2D eigenvalue weighted by atomic mass is 9.95. The van der Waals surface area contributed by atoms with Gasteiger partial charge in [-0.3, -0.25) is 0 Å². The summed E-state index contributed by atoms with van der Waals surface area (Å²) in [6, 6.07) is 20.5. The highest BCUT2D eigenvalue weighted by Crippen LogP contribution is 2.49. The molecule has 0 spiro atoms. The van der Waals surface area contributed by atoms with E-state index in [-0.39, 0.29) is 0 Å². The normalized spacial score (nSPS) is 11.9. The molecule has 0 radical (unpaired) electrons. The molecule has 0 unspecified atom stereocenters. The molecular formula is C68H108S3. The van der Waals surface area contributed by atoms with Crippen molar-refractivity contribution < 1.29 is 0 Å². The van der Waals surface area contributed by atoms with Crippen LogP contribution >= 0.6 is 34.0 Å². The van der Waals surface area contributed by atoms with E-state index in [1.165, 1.54) is 302 Å². The van der Waals surface area contributed by atoms with Gasteiger partial charge >= 0.3 is 0 Å². The average Bonchev–Trinajstić information content (AvgIpc) is 4.08. The van der Waals surface area contributed by atoms with Gasteiger partial charge in [0.15, 0.2) is 0 Å². The van der Waals surface area contributed by atoms with E-state index in [0.29, 0.717) is 0 Å². The van der Waals surface area contributed by atoms with Crippen LogP contribution in [-0.2, 0) is 25.7 Å². The Kier molecular flexibility index (Phi) is 32.6. The number of hydrogen-bond acceptors (Lipinski definition) is 3. The molecule has 398 valence electrons. The summed E-state index contributed by atoms with van der Waals surface area (Å²) < 4.78 is 6.09. The molecule has 0 N–H and O–H groups in total. The molecule has 0 saturated carbocycles. The molecule has 71 heavy (non-hydrogen) atoms. The van der Waals surface area contributed by atoms with Crippen molar-refractivity contribution in [3.8, 4) is 20.9 Å². The van der Waals surface area contributed by atoms with Crippen LogP contribution in [0.3, 0.4) is 0 Å². The van der Waals surface area contributed by atoms with Gasteiger partial charge < -0.3 is 0 Å². The summed E-state index contributed by atoms with van der Waals surface area (Å²) in [5, 5.41) is 0. The minimum Gasteiger partial charge on any atom is -0.133 e. The first kappa shape index (κ1) is 59.9. The van der Waals surface area contributed by atoms with Crippen molar-refractivity contribution in [3.05, 3.63) is 70.8 Å². The molecule has 0 atom stereocenters. The third-order valence-corrected chi connectivity index (χ3v) is 19.8. The van der Waals surface area contributed by atoms with Gasteiger partial charge in [0.05, 0.1) is 9.40 Å². The molecule has 0 bridgehead atoms. The molecule has 3 heteroatoms. The van der Waals surface area contributed by atoms with Gasteiger partial charge in [0, 0.05) is 19.2 Å². The Bertz CT molecular complexity index is 1910. The minimum atomic E-state index is 1.21. The van der Waals surface area contributed by atoms with Gasteiger partial charge in [-0.1, -0.05) is 295 Å². The fraction of sp³-hybridized carbons (Fsp3) is 0.706. The van der Waals surface area contributed by atoms with E-state index >= 15 is 0 Å². The second-order valence-electron chi connectivity index (χ2n) is 22.4. The molecule has 2 aromatic carbocycles. The van der Waals surface area contributed by atoms with Crippen molar-refractivity contribution in [3.63, 3.8) is 0 Å². The second-order valence-corrected chi connectivity index (χ2v) is 25.6. The van der Waals surface area contributed by atoms with Crippen LogP contribution in [0.4, 0.5) is 0 Å². The first-order valence-electron chi connectivity index (χ1n) is 31.3. The first-order chi connectivity index (χ1) is 35.1. The Hall–Kier alpha value is -1.94. The number of hydrogen-bond donors (Lipinski definition) is 0. The predicted molar refractivity (Wildman–Crippen MR) is 328 cm³/mol. The van der Waals surface area contributed by atoms with Gasteiger partial charge in [0.2, 0.25) is 0 Å². The molecule has 0 nitrogen and oxygen atoms in total. The number of thiophene rings is 3. The minimum absolute atomic E-state index is 1.21. The van der Waals surface area contributed by atoms with Gasteiger partial charge in [0.1, 0.15) is 0 Å².